The van der Waals surface area contributed by atoms with E-state index >= 15 is 0 Å². The van der Waals surface area contributed by atoms with Crippen molar-refractivity contribution >= 4 is 21.7 Å². The van der Waals surface area contributed by atoms with Gasteiger partial charge < -0.3 is 19.7 Å². The molecule has 2 N–H and O–H groups in total. The molecular weight excluding hydrogens is 382 g/mol. The number of benzene rings is 2. The molecule has 0 fully saturated rings. The van der Waals surface area contributed by atoms with E-state index in [0.29, 0.717) is 23.7 Å². The summed E-state index contributed by atoms with van der Waals surface area (Å²) in [5, 5.41) is 2.81. The van der Waals surface area contributed by atoms with E-state index in [-0.39, 0.29) is 12.6 Å². The van der Waals surface area contributed by atoms with Crippen LogP contribution in [-0.4, -0.2) is 46.9 Å². The van der Waals surface area contributed by atoms with Crippen molar-refractivity contribution in [3.63, 3.8) is 0 Å². The first-order valence-electron chi connectivity index (χ1n) is 8.49. The summed E-state index contributed by atoms with van der Waals surface area (Å²) in [6.45, 7) is 0.597. The number of nitrogens with one attached hydrogen (secondary N) is 2. The molecule has 0 unspecified atom stereocenters. The van der Waals surface area contributed by atoms with Gasteiger partial charge in [0, 0.05) is 24.8 Å². The van der Waals surface area contributed by atoms with Crippen LogP contribution in [0.3, 0.4) is 0 Å². The predicted molar refractivity (Wildman–Crippen MR) is 108 cm³/mol. The highest BCUT2D eigenvalue weighted by atomic mass is 32.2. The molecule has 0 bridgehead atoms. The molecule has 8 nitrogen and oxygen atoms in total. The first-order valence-corrected chi connectivity index (χ1v) is 10.4. The number of amides is 2. The summed E-state index contributed by atoms with van der Waals surface area (Å²) in [5.41, 5.74) is 2.04. The number of urea groups is 1. The summed E-state index contributed by atoms with van der Waals surface area (Å²) >= 11 is 0. The number of methoxy groups -OCH3 is 2. The second kappa shape index (κ2) is 9.32. The maximum absolute atomic E-state index is 12.4. The first-order chi connectivity index (χ1) is 13.2. The highest BCUT2D eigenvalue weighted by molar-refractivity contribution is 7.92. The number of carbonyl (C=O) groups excluding carboxylic acids is 1. The summed E-state index contributed by atoms with van der Waals surface area (Å²) < 4.78 is 35.7. The minimum absolute atomic E-state index is 0.262. The number of ether oxygens (including phenoxy) is 2. The van der Waals surface area contributed by atoms with Crippen LogP contribution in [-0.2, 0) is 23.1 Å². The Morgan fingerprint density at radius 3 is 2.46 bits per heavy atom. The van der Waals surface area contributed by atoms with Crippen molar-refractivity contribution in [3.8, 4) is 11.5 Å². The molecule has 0 aromatic heterocycles. The van der Waals surface area contributed by atoms with Crippen molar-refractivity contribution < 1.29 is 22.7 Å². The fourth-order valence-electron chi connectivity index (χ4n) is 2.68. The van der Waals surface area contributed by atoms with Crippen LogP contribution in [0.2, 0.25) is 0 Å². The second-order valence-electron chi connectivity index (χ2n) is 6.24. The summed E-state index contributed by atoms with van der Waals surface area (Å²) in [7, 11) is 1.44. The zero-order valence-corrected chi connectivity index (χ0v) is 17.2. The fraction of sp³-hybridized carbons (Fsp3) is 0.316. The van der Waals surface area contributed by atoms with Crippen molar-refractivity contribution in [1.29, 1.82) is 0 Å². The number of carbonyl (C=O) groups is 1. The molecular formula is C19H25N3O5S. The Bertz CT molecular complexity index is 931. The average molecular weight is 407 g/mol. The maximum Gasteiger partial charge on any atom is 0.317 e. The largest absolute Gasteiger partial charge is 0.493 e. The molecule has 2 aromatic carbocycles. The van der Waals surface area contributed by atoms with Gasteiger partial charge in [-0.05, 0) is 23.8 Å². The van der Waals surface area contributed by atoms with E-state index in [1.165, 1.54) is 4.90 Å². The van der Waals surface area contributed by atoms with Gasteiger partial charge in [-0.25, -0.2) is 13.2 Å². The molecule has 0 saturated carbocycles. The molecule has 28 heavy (non-hydrogen) atoms. The van der Waals surface area contributed by atoms with Crippen LogP contribution in [0.1, 0.15) is 11.1 Å². The molecule has 0 aliphatic rings. The van der Waals surface area contributed by atoms with Crippen molar-refractivity contribution in [2.45, 2.75) is 13.1 Å². The monoisotopic (exact) mass is 407 g/mol. The Balaban J connectivity index is 1.99. The van der Waals surface area contributed by atoms with Gasteiger partial charge in [-0.1, -0.05) is 24.3 Å². The quantitative estimate of drug-likeness (QED) is 0.700. The van der Waals surface area contributed by atoms with Crippen molar-refractivity contribution in [1.82, 2.24) is 10.2 Å². The summed E-state index contributed by atoms with van der Waals surface area (Å²) in [5.74, 6) is 1.19. The molecule has 0 aliphatic carbocycles. The Kier molecular flexibility index (Phi) is 7.11. The Morgan fingerprint density at radius 1 is 1.11 bits per heavy atom. The van der Waals surface area contributed by atoms with E-state index in [0.717, 1.165) is 17.4 Å². The molecule has 9 heteroatoms. The normalized spacial score (nSPS) is 10.9. The van der Waals surface area contributed by atoms with Gasteiger partial charge in [0.1, 0.15) is 0 Å². The summed E-state index contributed by atoms with van der Waals surface area (Å²) in [4.78, 5) is 13.9. The van der Waals surface area contributed by atoms with Gasteiger partial charge in [-0.3, -0.25) is 4.72 Å². The molecule has 2 aromatic rings. The minimum Gasteiger partial charge on any atom is -0.493 e. The van der Waals surface area contributed by atoms with Crippen LogP contribution in [0.25, 0.3) is 0 Å². The smallest absolute Gasteiger partial charge is 0.317 e. The van der Waals surface area contributed by atoms with Crippen LogP contribution in [0.5, 0.6) is 11.5 Å². The van der Waals surface area contributed by atoms with Gasteiger partial charge in [0.05, 0.1) is 27.0 Å². The predicted octanol–water partition coefficient (Wildman–Crippen LogP) is 2.42. The van der Waals surface area contributed by atoms with E-state index in [4.69, 9.17) is 9.47 Å². The fourth-order valence-corrected chi connectivity index (χ4v) is 3.23. The van der Waals surface area contributed by atoms with Crippen LogP contribution >= 0.6 is 0 Å². The summed E-state index contributed by atoms with van der Waals surface area (Å²) in [6.07, 6.45) is 1.09. The lowest BCUT2D eigenvalue weighted by Gasteiger charge is -2.20. The maximum atomic E-state index is 12.4. The standard InChI is InChI=1S/C19H25N3O5S/c1-22(13-15-8-6-10-17(26-2)18(15)27-3)19(23)20-12-14-7-5-9-16(11-14)21-28(4,24)25/h5-11,21H,12-13H2,1-4H3,(H,20,23). The van der Waals surface area contributed by atoms with E-state index in [1.807, 2.05) is 12.1 Å². The average Bonchev–Trinajstić information content (AvgIpc) is 2.64. The van der Waals surface area contributed by atoms with Crippen LogP contribution in [0.15, 0.2) is 42.5 Å². The number of nitrogens with zero attached hydrogens (tertiary/aromatic N) is 1. The number of sulfonamides is 1. The van der Waals surface area contributed by atoms with E-state index in [2.05, 4.69) is 10.0 Å². The number of para-hydroxylation sites is 1. The van der Waals surface area contributed by atoms with Gasteiger partial charge in [0.25, 0.3) is 0 Å². The topological polar surface area (TPSA) is 97.0 Å². The molecule has 152 valence electrons. The highest BCUT2D eigenvalue weighted by Crippen LogP contribution is 2.31. The van der Waals surface area contributed by atoms with E-state index in [9.17, 15) is 13.2 Å². The molecule has 0 radical (unpaired) electrons. The number of hydrogen-bond donors (Lipinski definition) is 2. The van der Waals surface area contributed by atoms with Gasteiger partial charge in [0.15, 0.2) is 11.5 Å². The van der Waals surface area contributed by atoms with Gasteiger partial charge >= 0.3 is 6.03 Å². The second-order valence-corrected chi connectivity index (χ2v) is 7.99. The number of anilines is 1. The molecule has 0 spiro atoms. The highest BCUT2D eigenvalue weighted by Gasteiger charge is 2.15. The third kappa shape index (κ3) is 6.05. The van der Waals surface area contributed by atoms with Gasteiger partial charge in [-0.2, -0.15) is 0 Å². The number of hydrogen-bond acceptors (Lipinski definition) is 5. The number of rotatable bonds is 8. The molecule has 2 amide bonds. The summed E-state index contributed by atoms with van der Waals surface area (Å²) in [6, 6.07) is 12.1. The van der Waals surface area contributed by atoms with Crippen molar-refractivity contribution in [3.05, 3.63) is 53.6 Å². The van der Waals surface area contributed by atoms with Crippen LogP contribution < -0.4 is 19.5 Å². The third-order valence-corrected chi connectivity index (χ3v) is 4.52. The molecule has 0 heterocycles. The van der Waals surface area contributed by atoms with E-state index < -0.39 is 10.0 Å². The Labute approximate surface area is 165 Å². The van der Waals surface area contributed by atoms with E-state index in [1.54, 1.807) is 51.6 Å². The van der Waals surface area contributed by atoms with Gasteiger partial charge in [0.2, 0.25) is 10.0 Å². The molecule has 0 aliphatic heterocycles. The lowest BCUT2D eigenvalue weighted by molar-refractivity contribution is 0.205. The van der Waals surface area contributed by atoms with Crippen LogP contribution in [0, 0.1) is 0 Å². The van der Waals surface area contributed by atoms with Gasteiger partial charge in [-0.15, -0.1) is 0 Å². The molecule has 2 rings (SSSR count). The molecule has 0 atom stereocenters. The lowest BCUT2D eigenvalue weighted by Crippen LogP contribution is -2.36. The first kappa shape index (κ1) is 21.4. The SMILES string of the molecule is COc1cccc(CN(C)C(=O)NCc2cccc(NS(C)(=O)=O)c2)c1OC. The Hall–Kier alpha value is -2.94. The zero-order valence-electron chi connectivity index (χ0n) is 16.4. The lowest BCUT2D eigenvalue weighted by atomic mass is 10.1. The minimum atomic E-state index is -3.35. The van der Waals surface area contributed by atoms with Crippen molar-refractivity contribution in [2.24, 2.45) is 0 Å². The van der Waals surface area contributed by atoms with Crippen molar-refractivity contribution in [2.75, 3.05) is 32.2 Å². The molecule has 0 saturated heterocycles. The zero-order chi connectivity index (χ0) is 20.7. The third-order valence-electron chi connectivity index (χ3n) is 3.91. The van der Waals surface area contributed by atoms with Crippen LogP contribution in [0.4, 0.5) is 10.5 Å². The Morgan fingerprint density at radius 2 is 1.82 bits per heavy atom.